The Morgan fingerprint density at radius 3 is 2.59 bits per heavy atom. The maximum absolute atomic E-state index is 12.8. The molecular formula is C24H21NO4. The molecule has 0 saturated heterocycles. The molecule has 3 aromatic carbocycles. The van der Waals surface area contributed by atoms with Gasteiger partial charge in [0.05, 0.1) is 10.8 Å². The van der Waals surface area contributed by atoms with E-state index in [9.17, 15) is 9.59 Å². The van der Waals surface area contributed by atoms with Gasteiger partial charge in [0.2, 0.25) is 5.43 Å². The Bertz CT molecular complexity index is 1300. The smallest absolute Gasteiger partial charge is 0.262 e. The number of hydrogen-bond donors (Lipinski definition) is 1. The summed E-state index contributed by atoms with van der Waals surface area (Å²) in [7, 11) is 0. The third-order valence-corrected chi connectivity index (χ3v) is 5.00. The molecule has 146 valence electrons. The van der Waals surface area contributed by atoms with Crippen molar-refractivity contribution in [2.45, 2.75) is 20.8 Å². The van der Waals surface area contributed by atoms with Gasteiger partial charge in [-0.05, 0) is 67.8 Å². The molecule has 5 nitrogen and oxygen atoms in total. The summed E-state index contributed by atoms with van der Waals surface area (Å²) in [6.07, 6.45) is 0. The highest BCUT2D eigenvalue weighted by Crippen LogP contribution is 2.25. The highest BCUT2D eigenvalue weighted by Gasteiger charge is 2.12. The predicted octanol–water partition coefficient (Wildman–Crippen LogP) is 4.89. The maximum atomic E-state index is 12.8. The van der Waals surface area contributed by atoms with Crippen molar-refractivity contribution in [3.05, 3.63) is 81.5 Å². The second-order valence-corrected chi connectivity index (χ2v) is 7.18. The first-order chi connectivity index (χ1) is 13.9. The lowest BCUT2D eigenvalue weighted by Crippen LogP contribution is -2.20. The van der Waals surface area contributed by atoms with Crippen molar-refractivity contribution in [1.82, 2.24) is 0 Å². The van der Waals surface area contributed by atoms with Crippen LogP contribution in [0.4, 0.5) is 5.69 Å². The first-order valence-corrected chi connectivity index (χ1v) is 9.38. The van der Waals surface area contributed by atoms with Crippen LogP contribution in [0.5, 0.6) is 5.75 Å². The van der Waals surface area contributed by atoms with Crippen molar-refractivity contribution >= 4 is 33.5 Å². The first-order valence-electron chi connectivity index (χ1n) is 9.38. The monoisotopic (exact) mass is 387 g/mol. The highest BCUT2D eigenvalue weighted by molar-refractivity contribution is 5.96. The molecule has 0 atom stereocenters. The molecule has 0 spiro atoms. The molecule has 0 aliphatic rings. The van der Waals surface area contributed by atoms with E-state index < -0.39 is 0 Å². The molecule has 0 radical (unpaired) electrons. The molecule has 0 fully saturated rings. The highest BCUT2D eigenvalue weighted by atomic mass is 16.5. The molecule has 0 aliphatic carbocycles. The summed E-state index contributed by atoms with van der Waals surface area (Å²) in [4.78, 5) is 25.1. The van der Waals surface area contributed by atoms with E-state index in [1.54, 1.807) is 30.3 Å². The Kier molecular flexibility index (Phi) is 4.80. The van der Waals surface area contributed by atoms with Gasteiger partial charge in [0.25, 0.3) is 5.91 Å². The number of carbonyl (C=O) groups is 1. The van der Waals surface area contributed by atoms with E-state index in [1.165, 1.54) is 0 Å². The number of hydrogen-bond acceptors (Lipinski definition) is 4. The van der Waals surface area contributed by atoms with E-state index in [1.807, 2.05) is 45.0 Å². The number of anilines is 1. The van der Waals surface area contributed by atoms with E-state index in [-0.39, 0.29) is 17.9 Å². The molecule has 1 heterocycles. The Labute approximate surface area is 167 Å². The minimum Gasteiger partial charge on any atom is -0.484 e. The van der Waals surface area contributed by atoms with Crippen LogP contribution in [-0.2, 0) is 4.79 Å². The summed E-state index contributed by atoms with van der Waals surface area (Å²) in [5, 5.41) is 3.83. The van der Waals surface area contributed by atoms with Crippen LogP contribution in [0.25, 0.3) is 21.9 Å². The zero-order valence-corrected chi connectivity index (χ0v) is 16.5. The zero-order valence-electron chi connectivity index (χ0n) is 16.5. The number of rotatable bonds is 4. The van der Waals surface area contributed by atoms with Crippen LogP contribution in [0.15, 0.2) is 63.8 Å². The number of ether oxygens (including phenoxy) is 1. The molecular weight excluding hydrogens is 366 g/mol. The molecule has 0 bridgehead atoms. The molecule has 0 unspecified atom stereocenters. The number of aryl methyl sites for hydroxylation is 3. The molecule has 4 aromatic rings. The lowest BCUT2D eigenvalue weighted by atomic mass is 10.0. The van der Waals surface area contributed by atoms with E-state index in [4.69, 9.17) is 9.15 Å². The van der Waals surface area contributed by atoms with Crippen LogP contribution in [-0.4, -0.2) is 12.5 Å². The van der Waals surface area contributed by atoms with Crippen LogP contribution >= 0.6 is 0 Å². The summed E-state index contributed by atoms with van der Waals surface area (Å²) >= 11 is 0. The van der Waals surface area contributed by atoms with Crippen LogP contribution in [0.1, 0.15) is 16.7 Å². The molecule has 1 aromatic heterocycles. The van der Waals surface area contributed by atoms with Crippen LogP contribution in [0.2, 0.25) is 0 Å². The van der Waals surface area contributed by atoms with Crippen LogP contribution in [0.3, 0.4) is 0 Å². The van der Waals surface area contributed by atoms with Gasteiger partial charge in [-0.15, -0.1) is 0 Å². The van der Waals surface area contributed by atoms with Gasteiger partial charge in [0, 0.05) is 11.8 Å². The predicted molar refractivity (Wildman–Crippen MR) is 115 cm³/mol. The summed E-state index contributed by atoms with van der Waals surface area (Å²) in [5.41, 5.74) is 4.53. The Morgan fingerprint density at radius 1 is 1.00 bits per heavy atom. The normalized spacial score (nSPS) is 11.0. The Balaban J connectivity index is 1.59. The minimum absolute atomic E-state index is 0.0787. The Morgan fingerprint density at radius 2 is 1.79 bits per heavy atom. The average molecular weight is 387 g/mol. The maximum Gasteiger partial charge on any atom is 0.262 e. The molecule has 29 heavy (non-hydrogen) atoms. The minimum atomic E-state index is -0.291. The second-order valence-electron chi connectivity index (χ2n) is 7.18. The zero-order chi connectivity index (χ0) is 20.5. The van der Waals surface area contributed by atoms with Crippen molar-refractivity contribution < 1.29 is 13.9 Å². The summed E-state index contributed by atoms with van der Waals surface area (Å²) < 4.78 is 11.5. The van der Waals surface area contributed by atoms with Gasteiger partial charge in [-0.1, -0.05) is 18.2 Å². The number of nitrogens with one attached hydrogen (secondary N) is 1. The van der Waals surface area contributed by atoms with Gasteiger partial charge in [-0.2, -0.15) is 0 Å². The fourth-order valence-electron chi connectivity index (χ4n) is 3.28. The molecule has 0 aliphatic heterocycles. The lowest BCUT2D eigenvalue weighted by molar-refractivity contribution is -0.118. The number of fused-ring (bicyclic) bond motifs is 2. The van der Waals surface area contributed by atoms with E-state index in [0.29, 0.717) is 33.4 Å². The van der Waals surface area contributed by atoms with Crippen LogP contribution < -0.4 is 15.5 Å². The number of amides is 1. The Hall–Kier alpha value is -3.60. The fourth-order valence-corrected chi connectivity index (χ4v) is 3.28. The first kappa shape index (κ1) is 18.7. The lowest BCUT2D eigenvalue weighted by Gasteiger charge is -2.10. The van der Waals surface area contributed by atoms with Gasteiger partial charge in [0.1, 0.15) is 16.9 Å². The molecule has 4 rings (SSSR count). The van der Waals surface area contributed by atoms with E-state index in [2.05, 4.69) is 5.32 Å². The number of benzene rings is 3. The average Bonchev–Trinajstić information content (AvgIpc) is 2.70. The van der Waals surface area contributed by atoms with Crippen molar-refractivity contribution in [2.75, 3.05) is 11.9 Å². The number of carbonyl (C=O) groups excluding carboxylic acids is 1. The van der Waals surface area contributed by atoms with Crippen LogP contribution in [0, 0.1) is 20.8 Å². The van der Waals surface area contributed by atoms with Crippen molar-refractivity contribution in [2.24, 2.45) is 0 Å². The van der Waals surface area contributed by atoms with Gasteiger partial charge >= 0.3 is 0 Å². The molecule has 0 saturated carbocycles. The summed E-state index contributed by atoms with van der Waals surface area (Å²) in [5.74, 6) is 0.350. The quantitative estimate of drug-likeness (QED) is 0.506. The topological polar surface area (TPSA) is 68.5 Å². The summed E-state index contributed by atoms with van der Waals surface area (Å²) in [6, 6.07) is 16.3. The second kappa shape index (κ2) is 7.43. The molecule has 1 N–H and O–H groups in total. The van der Waals surface area contributed by atoms with Gasteiger partial charge in [-0.3, -0.25) is 9.59 Å². The van der Waals surface area contributed by atoms with Crippen molar-refractivity contribution in [3.8, 4) is 5.75 Å². The fraction of sp³-hybridized carbons (Fsp3) is 0.167. The van der Waals surface area contributed by atoms with Crippen molar-refractivity contribution in [1.29, 1.82) is 0 Å². The van der Waals surface area contributed by atoms with E-state index >= 15 is 0 Å². The van der Waals surface area contributed by atoms with Crippen molar-refractivity contribution in [3.63, 3.8) is 0 Å². The van der Waals surface area contributed by atoms with Gasteiger partial charge in [-0.25, -0.2) is 0 Å². The van der Waals surface area contributed by atoms with E-state index in [0.717, 1.165) is 16.7 Å². The molecule has 1 amide bonds. The largest absolute Gasteiger partial charge is 0.484 e. The van der Waals surface area contributed by atoms with Gasteiger partial charge in [0.15, 0.2) is 6.61 Å². The summed E-state index contributed by atoms with van der Waals surface area (Å²) in [6.45, 7) is 5.76. The molecule has 5 heteroatoms. The standard InChI is InChI=1S/C24H21NO4/c1-14-5-4-6-18(11-14)28-13-22(26)25-17-8-10-19-21(12-17)29-24-16(3)15(2)7-9-20(24)23(19)27/h4-12H,13H2,1-3H3,(H,25,26). The third kappa shape index (κ3) is 3.72. The third-order valence-electron chi connectivity index (χ3n) is 5.00. The van der Waals surface area contributed by atoms with Gasteiger partial charge < -0.3 is 14.5 Å². The SMILES string of the molecule is Cc1cccc(OCC(=O)Nc2ccc3c(=O)c4ccc(C)c(C)c4oc3c2)c1.